The van der Waals surface area contributed by atoms with Crippen molar-refractivity contribution in [3.63, 3.8) is 0 Å². The Balaban J connectivity index is 1.56. The number of nitrogens with zero attached hydrogens (tertiary/aromatic N) is 2. The monoisotopic (exact) mass is 403 g/mol. The predicted octanol–water partition coefficient (Wildman–Crippen LogP) is 4.39. The van der Waals surface area contributed by atoms with Crippen LogP contribution in [0.1, 0.15) is 28.1 Å². The summed E-state index contributed by atoms with van der Waals surface area (Å²) in [7, 11) is 0. The number of hydrogen-bond acceptors (Lipinski definition) is 2. The molecule has 0 bridgehead atoms. The van der Waals surface area contributed by atoms with Crippen LogP contribution < -0.4 is 5.32 Å². The third-order valence-corrected chi connectivity index (χ3v) is 5.31. The second-order valence-electron chi connectivity index (χ2n) is 7.40. The Morgan fingerprint density at radius 3 is 2.30 bits per heavy atom. The van der Waals surface area contributed by atoms with Crippen LogP contribution in [-0.4, -0.2) is 21.4 Å². The van der Waals surface area contributed by atoms with Gasteiger partial charge in [-0.2, -0.15) is 0 Å². The summed E-state index contributed by atoms with van der Waals surface area (Å²) in [5.74, 6) is -0.750. The molecule has 0 atom stereocenters. The molecule has 0 aliphatic carbocycles. The van der Waals surface area contributed by atoms with Gasteiger partial charge in [-0.3, -0.25) is 9.69 Å². The normalized spacial score (nSPS) is 15.2. The molecular formula is C24H22FN3O2. The topological polar surface area (TPSA) is 54.3 Å². The Morgan fingerprint density at radius 1 is 0.933 bits per heavy atom. The van der Waals surface area contributed by atoms with Crippen LogP contribution in [0.4, 0.5) is 9.18 Å². The first-order chi connectivity index (χ1) is 14.4. The molecule has 0 unspecified atom stereocenters. The number of carbonyl (C=O) groups excluding carboxylic acids is 2. The highest BCUT2D eigenvalue weighted by Crippen LogP contribution is 2.22. The molecule has 0 saturated carbocycles. The van der Waals surface area contributed by atoms with Crippen LogP contribution in [0.3, 0.4) is 0 Å². The molecule has 5 nitrogen and oxygen atoms in total. The maximum Gasteiger partial charge on any atom is 0.329 e. The first-order valence-electron chi connectivity index (χ1n) is 9.72. The molecule has 1 fully saturated rings. The number of halogens is 1. The number of urea groups is 1. The smallest absolute Gasteiger partial charge is 0.329 e. The molecule has 3 aromatic rings. The molecule has 1 aliphatic rings. The van der Waals surface area contributed by atoms with Gasteiger partial charge in [0.05, 0.1) is 6.54 Å². The van der Waals surface area contributed by atoms with Gasteiger partial charge in [0.2, 0.25) is 0 Å². The molecule has 2 heterocycles. The average molecular weight is 403 g/mol. The molecule has 2 aromatic carbocycles. The fourth-order valence-corrected chi connectivity index (χ4v) is 3.63. The number of nitrogens with one attached hydrogen (secondary N) is 1. The van der Waals surface area contributed by atoms with E-state index in [1.807, 2.05) is 38.1 Å². The van der Waals surface area contributed by atoms with E-state index in [4.69, 9.17) is 0 Å². The van der Waals surface area contributed by atoms with Crippen molar-refractivity contribution in [3.8, 4) is 0 Å². The van der Waals surface area contributed by atoms with E-state index in [2.05, 4.69) is 22.0 Å². The summed E-state index contributed by atoms with van der Waals surface area (Å²) < 4.78 is 15.3. The van der Waals surface area contributed by atoms with Crippen LogP contribution >= 0.6 is 0 Å². The number of imide groups is 1. The van der Waals surface area contributed by atoms with E-state index in [0.29, 0.717) is 5.56 Å². The molecule has 30 heavy (non-hydrogen) atoms. The summed E-state index contributed by atoms with van der Waals surface area (Å²) in [5.41, 5.74) is 5.08. The highest BCUT2D eigenvalue weighted by atomic mass is 19.1. The number of benzene rings is 2. The van der Waals surface area contributed by atoms with E-state index >= 15 is 0 Å². The highest BCUT2D eigenvalue weighted by Gasteiger charge is 2.33. The highest BCUT2D eigenvalue weighted by molar-refractivity contribution is 6.13. The third-order valence-electron chi connectivity index (χ3n) is 5.31. The van der Waals surface area contributed by atoms with Gasteiger partial charge in [0.25, 0.3) is 5.91 Å². The number of amides is 3. The van der Waals surface area contributed by atoms with Gasteiger partial charge in [-0.1, -0.05) is 42.5 Å². The molecule has 1 aromatic heterocycles. The van der Waals surface area contributed by atoms with Crippen LogP contribution in [0.25, 0.3) is 6.08 Å². The van der Waals surface area contributed by atoms with E-state index in [1.165, 1.54) is 17.7 Å². The Hall–Kier alpha value is -3.67. The van der Waals surface area contributed by atoms with Crippen molar-refractivity contribution in [3.05, 3.63) is 100 Å². The van der Waals surface area contributed by atoms with Crippen LogP contribution in [0, 0.1) is 19.7 Å². The zero-order valence-corrected chi connectivity index (χ0v) is 16.9. The van der Waals surface area contributed by atoms with Crippen molar-refractivity contribution < 1.29 is 14.0 Å². The number of carbonyl (C=O) groups is 2. The zero-order chi connectivity index (χ0) is 21.3. The summed E-state index contributed by atoms with van der Waals surface area (Å²) in [6, 6.07) is 17.4. The van der Waals surface area contributed by atoms with Gasteiger partial charge in [-0.25, -0.2) is 9.18 Å². The number of aromatic nitrogens is 1. The number of rotatable bonds is 5. The number of hydrogen-bond donors (Lipinski definition) is 1. The minimum atomic E-state index is -0.478. The van der Waals surface area contributed by atoms with Crippen LogP contribution in [0.5, 0.6) is 0 Å². The fourth-order valence-electron chi connectivity index (χ4n) is 3.63. The molecule has 0 spiro atoms. The molecule has 1 aliphatic heterocycles. The van der Waals surface area contributed by atoms with Gasteiger partial charge in [-0.05, 0) is 54.8 Å². The van der Waals surface area contributed by atoms with Gasteiger partial charge >= 0.3 is 6.03 Å². The number of aryl methyl sites for hydroxylation is 1. The van der Waals surface area contributed by atoms with E-state index in [0.717, 1.165) is 28.4 Å². The van der Waals surface area contributed by atoms with E-state index < -0.39 is 11.9 Å². The van der Waals surface area contributed by atoms with Crippen molar-refractivity contribution in [2.45, 2.75) is 26.9 Å². The van der Waals surface area contributed by atoms with Gasteiger partial charge in [-0.15, -0.1) is 0 Å². The van der Waals surface area contributed by atoms with Gasteiger partial charge < -0.3 is 9.88 Å². The first kappa shape index (κ1) is 19.6. The van der Waals surface area contributed by atoms with Gasteiger partial charge in [0.15, 0.2) is 0 Å². The summed E-state index contributed by atoms with van der Waals surface area (Å²) in [6.45, 7) is 4.85. The lowest BCUT2D eigenvalue weighted by Crippen LogP contribution is -2.30. The molecule has 6 heteroatoms. The SMILES string of the molecule is Cc1cc(/C=C2/NC(=O)N(Cc3ccc(F)cc3)C2=O)c(C)n1Cc1ccccc1. The van der Waals surface area contributed by atoms with Crippen LogP contribution in [-0.2, 0) is 17.9 Å². The zero-order valence-electron chi connectivity index (χ0n) is 16.9. The molecule has 3 amide bonds. The van der Waals surface area contributed by atoms with Crippen molar-refractivity contribution in [1.29, 1.82) is 0 Å². The fraction of sp³-hybridized carbons (Fsp3) is 0.167. The van der Waals surface area contributed by atoms with Crippen LogP contribution in [0.2, 0.25) is 0 Å². The minimum Gasteiger partial charge on any atom is -0.344 e. The van der Waals surface area contributed by atoms with Crippen molar-refractivity contribution in [2.75, 3.05) is 0 Å². The lowest BCUT2D eigenvalue weighted by Gasteiger charge is -2.11. The Morgan fingerprint density at radius 2 is 1.60 bits per heavy atom. The van der Waals surface area contributed by atoms with Crippen LogP contribution in [0.15, 0.2) is 66.4 Å². The van der Waals surface area contributed by atoms with Crippen molar-refractivity contribution in [2.24, 2.45) is 0 Å². The second kappa shape index (κ2) is 7.99. The summed E-state index contributed by atoms with van der Waals surface area (Å²) in [6.07, 6.45) is 1.72. The van der Waals surface area contributed by atoms with Crippen molar-refractivity contribution >= 4 is 18.0 Å². The molecular weight excluding hydrogens is 381 g/mol. The first-order valence-corrected chi connectivity index (χ1v) is 9.72. The molecule has 152 valence electrons. The van der Waals surface area contributed by atoms with Gasteiger partial charge in [0.1, 0.15) is 11.5 Å². The Kier molecular flexibility index (Phi) is 5.23. The maximum absolute atomic E-state index is 13.1. The lowest BCUT2D eigenvalue weighted by molar-refractivity contribution is -0.123. The molecule has 1 N–H and O–H groups in total. The van der Waals surface area contributed by atoms with E-state index in [9.17, 15) is 14.0 Å². The lowest BCUT2D eigenvalue weighted by atomic mass is 10.2. The third kappa shape index (κ3) is 3.89. The van der Waals surface area contributed by atoms with E-state index in [1.54, 1.807) is 18.2 Å². The van der Waals surface area contributed by atoms with E-state index in [-0.39, 0.29) is 18.1 Å². The molecule has 0 radical (unpaired) electrons. The average Bonchev–Trinajstić information content (AvgIpc) is 3.15. The van der Waals surface area contributed by atoms with Crippen molar-refractivity contribution in [1.82, 2.24) is 14.8 Å². The quantitative estimate of drug-likeness (QED) is 0.508. The molecule has 1 saturated heterocycles. The minimum absolute atomic E-state index is 0.0926. The maximum atomic E-state index is 13.1. The molecule has 4 rings (SSSR count). The summed E-state index contributed by atoms with van der Waals surface area (Å²) in [5, 5.41) is 2.65. The standard InChI is InChI=1S/C24H22FN3O2/c1-16-12-20(17(2)27(16)14-18-6-4-3-5-7-18)13-22-23(29)28(24(30)26-22)15-19-8-10-21(25)11-9-19/h3-13H,14-15H2,1-2H3,(H,26,30)/b22-13+. The Labute approximate surface area is 174 Å². The van der Waals surface area contributed by atoms with Gasteiger partial charge in [0, 0.05) is 17.9 Å². The summed E-state index contributed by atoms with van der Waals surface area (Å²) in [4.78, 5) is 26.2. The summed E-state index contributed by atoms with van der Waals surface area (Å²) >= 11 is 0. The largest absolute Gasteiger partial charge is 0.344 e. The Bertz CT molecular complexity index is 1130. The predicted molar refractivity (Wildman–Crippen MR) is 113 cm³/mol. The second-order valence-corrected chi connectivity index (χ2v) is 7.40.